The number of hydrogen-bond acceptors (Lipinski definition) is 3. The number of carbonyl (C=O) groups excluding carboxylic acids is 1. The highest BCUT2D eigenvalue weighted by atomic mass is 16.1. The first-order valence-corrected chi connectivity index (χ1v) is 6.84. The Labute approximate surface area is 105 Å². The fourth-order valence-electron chi connectivity index (χ4n) is 2.62. The Balaban J connectivity index is 2.54. The second-order valence-corrected chi connectivity index (χ2v) is 5.33. The maximum Gasteiger partial charge on any atom is 0.235 e. The topological polar surface area (TPSA) is 58.4 Å². The fourth-order valence-corrected chi connectivity index (χ4v) is 2.62. The largest absolute Gasteiger partial charge is 0.368 e. The summed E-state index contributed by atoms with van der Waals surface area (Å²) in [6.45, 7) is 8.17. The first-order chi connectivity index (χ1) is 8.04. The molecule has 0 saturated carbocycles. The maximum atomic E-state index is 11.4. The minimum atomic E-state index is -0.237. The summed E-state index contributed by atoms with van der Waals surface area (Å²) < 4.78 is 0. The van der Waals surface area contributed by atoms with Crippen molar-refractivity contribution in [3.05, 3.63) is 0 Å². The number of amides is 1. The highest BCUT2D eigenvalue weighted by Crippen LogP contribution is 2.19. The molecule has 0 aliphatic carbocycles. The highest BCUT2D eigenvalue weighted by Gasteiger charge is 2.26. The number of piperidine rings is 1. The average molecular weight is 241 g/mol. The summed E-state index contributed by atoms with van der Waals surface area (Å²) in [4.78, 5) is 13.9. The second kappa shape index (κ2) is 6.97. The number of carbonyl (C=O) groups is 1. The van der Waals surface area contributed by atoms with Crippen molar-refractivity contribution in [2.75, 3.05) is 13.1 Å². The van der Waals surface area contributed by atoms with E-state index in [9.17, 15) is 4.79 Å². The molecule has 0 spiro atoms. The normalized spacial score (nSPS) is 23.9. The monoisotopic (exact) mass is 241 g/mol. The summed E-state index contributed by atoms with van der Waals surface area (Å²) in [6.07, 6.45) is 4.97. The number of primary amides is 1. The first-order valence-electron chi connectivity index (χ1n) is 6.84. The molecule has 0 bridgehead atoms. The van der Waals surface area contributed by atoms with E-state index in [1.165, 1.54) is 19.3 Å². The zero-order chi connectivity index (χ0) is 12.8. The van der Waals surface area contributed by atoms with Gasteiger partial charge in [-0.25, -0.2) is 0 Å². The van der Waals surface area contributed by atoms with E-state index in [0.29, 0.717) is 6.04 Å². The van der Waals surface area contributed by atoms with Crippen LogP contribution < -0.4 is 11.1 Å². The molecule has 1 saturated heterocycles. The standard InChI is InChI=1S/C13H27N3O/c1-4-11-7-5-6-8-16(11)9-12(13(14)17)15-10(2)3/h10-12,15H,4-9H2,1-3H3,(H2,14,17). The molecule has 2 atom stereocenters. The molecule has 0 aromatic rings. The Morgan fingerprint density at radius 2 is 2.18 bits per heavy atom. The summed E-state index contributed by atoms with van der Waals surface area (Å²) in [5.74, 6) is -0.237. The van der Waals surface area contributed by atoms with Crippen LogP contribution in [0.1, 0.15) is 46.5 Å². The lowest BCUT2D eigenvalue weighted by atomic mass is 9.99. The molecule has 0 aromatic heterocycles. The molecule has 1 aliphatic heterocycles. The Bertz CT molecular complexity index is 243. The van der Waals surface area contributed by atoms with Crippen molar-refractivity contribution in [2.24, 2.45) is 5.73 Å². The van der Waals surface area contributed by atoms with Gasteiger partial charge in [-0.05, 0) is 25.8 Å². The van der Waals surface area contributed by atoms with Gasteiger partial charge in [0.2, 0.25) is 5.91 Å². The van der Waals surface area contributed by atoms with Gasteiger partial charge in [-0.3, -0.25) is 9.69 Å². The summed E-state index contributed by atoms with van der Waals surface area (Å²) >= 11 is 0. The van der Waals surface area contributed by atoms with Gasteiger partial charge in [0.05, 0.1) is 6.04 Å². The summed E-state index contributed by atoms with van der Waals surface area (Å²) in [7, 11) is 0. The third kappa shape index (κ3) is 4.64. The SMILES string of the molecule is CCC1CCCCN1CC(NC(C)C)C(N)=O. The summed E-state index contributed by atoms with van der Waals surface area (Å²) in [6, 6.07) is 0.694. The lowest BCUT2D eigenvalue weighted by Gasteiger charge is -2.37. The molecule has 1 fully saturated rings. The molecule has 17 heavy (non-hydrogen) atoms. The molecule has 4 heteroatoms. The smallest absolute Gasteiger partial charge is 0.235 e. The molecule has 100 valence electrons. The number of nitrogens with zero attached hydrogens (tertiary/aromatic N) is 1. The quantitative estimate of drug-likeness (QED) is 0.732. The van der Waals surface area contributed by atoms with E-state index in [-0.39, 0.29) is 18.0 Å². The Morgan fingerprint density at radius 3 is 2.71 bits per heavy atom. The molecule has 1 rings (SSSR count). The molecule has 1 aliphatic rings. The number of rotatable bonds is 6. The predicted molar refractivity (Wildman–Crippen MR) is 70.8 cm³/mol. The third-order valence-electron chi connectivity index (χ3n) is 3.52. The zero-order valence-electron chi connectivity index (χ0n) is 11.4. The Hall–Kier alpha value is -0.610. The van der Waals surface area contributed by atoms with Gasteiger partial charge in [0.1, 0.15) is 0 Å². The zero-order valence-corrected chi connectivity index (χ0v) is 11.4. The van der Waals surface area contributed by atoms with Crippen LogP contribution in [-0.4, -0.2) is 42.0 Å². The van der Waals surface area contributed by atoms with E-state index >= 15 is 0 Å². The van der Waals surface area contributed by atoms with Crippen LogP contribution >= 0.6 is 0 Å². The van der Waals surface area contributed by atoms with Gasteiger partial charge >= 0.3 is 0 Å². The van der Waals surface area contributed by atoms with Crippen LogP contribution in [0.15, 0.2) is 0 Å². The summed E-state index contributed by atoms with van der Waals surface area (Å²) in [5, 5.41) is 3.26. The van der Waals surface area contributed by atoms with Crippen LogP contribution in [0.3, 0.4) is 0 Å². The third-order valence-corrected chi connectivity index (χ3v) is 3.52. The van der Waals surface area contributed by atoms with Crippen molar-refractivity contribution in [2.45, 2.75) is 64.6 Å². The van der Waals surface area contributed by atoms with Crippen molar-refractivity contribution < 1.29 is 4.79 Å². The molecule has 0 radical (unpaired) electrons. The van der Waals surface area contributed by atoms with Gasteiger partial charge in [0, 0.05) is 18.6 Å². The van der Waals surface area contributed by atoms with Gasteiger partial charge in [-0.1, -0.05) is 27.2 Å². The number of nitrogens with one attached hydrogen (secondary N) is 1. The van der Waals surface area contributed by atoms with Crippen LogP contribution in [0, 0.1) is 0 Å². The molecule has 1 amide bonds. The van der Waals surface area contributed by atoms with Gasteiger partial charge in [-0.15, -0.1) is 0 Å². The molecular formula is C13H27N3O. The minimum absolute atomic E-state index is 0.220. The van der Waals surface area contributed by atoms with Crippen LogP contribution in [0.5, 0.6) is 0 Å². The van der Waals surface area contributed by atoms with E-state index < -0.39 is 0 Å². The molecule has 4 nitrogen and oxygen atoms in total. The van der Waals surface area contributed by atoms with Gasteiger partial charge in [0.15, 0.2) is 0 Å². The van der Waals surface area contributed by atoms with Crippen molar-refractivity contribution >= 4 is 5.91 Å². The van der Waals surface area contributed by atoms with Gasteiger partial charge < -0.3 is 11.1 Å². The summed E-state index contributed by atoms with van der Waals surface area (Å²) in [5.41, 5.74) is 5.46. The fraction of sp³-hybridized carbons (Fsp3) is 0.923. The molecule has 3 N–H and O–H groups in total. The molecular weight excluding hydrogens is 214 g/mol. The van der Waals surface area contributed by atoms with E-state index in [4.69, 9.17) is 5.73 Å². The van der Waals surface area contributed by atoms with Crippen LogP contribution in [0.25, 0.3) is 0 Å². The van der Waals surface area contributed by atoms with Crippen LogP contribution in [0.4, 0.5) is 0 Å². The van der Waals surface area contributed by atoms with Gasteiger partial charge in [-0.2, -0.15) is 0 Å². The highest BCUT2D eigenvalue weighted by molar-refractivity contribution is 5.80. The minimum Gasteiger partial charge on any atom is -0.368 e. The Kier molecular flexibility index (Phi) is 5.92. The van der Waals surface area contributed by atoms with E-state index in [0.717, 1.165) is 19.5 Å². The first kappa shape index (κ1) is 14.5. The number of hydrogen-bond donors (Lipinski definition) is 2. The molecule has 1 heterocycles. The van der Waals surface area contributed by atoms with Gasteiger partial charge in [0.25, 0.3) is 0 Å². The van der Waals surface area contributed by atoms with E-state index in [1.807, 2.05) is 13.8 Å². The predicted octanol–water partition coefficient (Wildman–Crippen LogP) is 1.10. The number of likely N-dealkylation sites (tertiary alicyclic amines) is 1. The van der Waals surface area contributed by atoms with Crippen molar-refractivity contribution in [1.29, 1.82) is 0 Å². The maximum absolute atomic E-state index is 11.4. The van der Waals surface area contributed by atoms with Crippen LogP contribution in [0.2, 0.25) is 0 Å². The van der Waals surface area contributed by atoms with E-state index in [1.54, 1.807) is 0 Å². The van der Waals surface area contributed by atoms with Crippen molar-refractivity contribution in [3.63, 3.8) is 0 Å². The lowest BCUT2D eigenvalue weighted by Crippen LogP contribution is -2.54. The molecule has 2 unspecified atom stereocenters. The average Bonchev–Trinajstić information content (AvgIpc) is 2.28. The van der Waals surface area contributed by atoms with Crippen molar-refractivity contribution in [1.82, 2.24) is 10.2 Å². The lowest BCUT2D eigenvalue weighted by molar-refractivity contribution is -0.120. The van der Waals surface area contributed by atoms with Crippen LogP contribution in [-0.2, 0) is 4.79 Å². The van der Waals surface area contributed by atoms with Crippen molar-refractivity contribution in [3.8, 4) is 0 Å². The second-order valence-electron chi connectivity index (χ2n) is 5.33. The number of nitrogens with two attached hydrogens (primary N) is 1. The van der Waals surface area contributed by atoms with E-state index in [2.05, 4.69) is 17.1 Å². The molecule has 0 aromatic carbocycles. The Morgan fingerprint density at radius 1 is 1.47 bits per heavy atom.